The number of hydrogen-bond donors (Lipinski definition) is 0. The van der Waals surface area contributed by atoms with Crippen LogP contribution >= 0.6 is 0 Å². The third-order valence-corrected chi connectivity index (χ3v) is 14.2. The molecule has 0 aliphatic rings. The van der Waals surface area contributed by atoms with Crippen molar-refractivity contribution in [3.8, 4) is 39.5 Å². The van der Waals surface area contributed by atoms with Crippen LogP contribution < -0.4 is 5.19 Å². The van der Waals surface area contributed by atoms with Crippen molar-refractivity contribution in [1.29, 1.82) is 0 Å². The molecule has 0 atom stereocenters. The number of pyridine rings is 1. The minimum Gasteiger partial charge on any atom is -0.497 e. The number of rotatable bonds is 7. The number of halogens is 1. The Hall–Kier alpha value is -6.44. The zero-order valence-electron chi connectivity index (χ0n) is 37.5. The number of benzene rings is 7. The SMILES string of the molecule is CC(C)c1cc(-c2ccccc2)cc(C(C)C)c1-n1c(-c2[c-]ccc3c2oc2c(F)c4c(cc23)oc2ccccc24)nc2ccccc21.C[Si](C)(C)c1ccc(-c2[c-]cccc2)nc1.[Ir]. The van der Waals surface area contributed by atoms with Crippen LogP contribution in [0.3, 0.4) is 0 Å². The van der Waals surface area contributed by atoms with E-state index in [4.69, 9.17) is 13.8 Å². The van der Waals surface area contributed by atoms with E-state index in [1.54, 1.807) is 0 Å². The van der Waals surface area contributed by atoms with Gasteiger partial charge in [0.15, 0.2) is 11.4 Å². The van der Waals surface area contributed by atoms with Crippen LogP contribution in [0.15, 0.2) is 161 Å². The molecule has 0 unspecified atom stereocenters. The van der Waals surface area contributed by atoms with Gasteiger partial charge in [-0.25, -0.2) is 4.39 Å². The molecule has 1 radical (unpaired) electrons. The zero-order chi connectivity index (χ0) is 44.3. The standard InChI is InChI=1S/C43H32FN2O2.C14H16NSi.Ir/c1-24(2)31-21-27(26-13-6-5-7-14-26)22-32(25(3)4)40(31)46-35-19-10-9-18-34(35)45-43(46)30-17-12-16-28-33-23-37-38(39(44)42(33)48-41(28)30)29-15-8-11-20-36(29)47-37;1-16(2,3)13-9-10-14(15-11-13)12-7-5-4-6-8-12;/h5-16,18-25H,1-4H3;4-7,9-11H,1-3H3;/q2*-1;. The number of furan rings is 2. The maximum absolute atomic E-state index is 16.4. The van der Waals surface area contributed by atoms with E-state index >= 15 is 4.39 Å². The Labute approximate surface area is 393 Å². The largest absolute Gasteiger partial charge is 0.497 e. The molecule has 0 aliphatic carbocycles. The van der Waals surface area contributed by atoms with Crippen LogP contribution in [0.1, 0.15) is 50.7 Å². The van der Waals surface area contributed by atoms with Gasteiger partial charge in [0, 0.05) is 42.8 Å². The fraction of sp³-hybridized carbons (Fsp3) is 0.158. The van der Waals surface area contributed by atoms with Crippen LogP contribution in [0, 0.1) is 17.9 Å². The van der Waals surface area contributed by atoms with Gasteiger partial charge in [-0.2, -0.15) is 0 Å². The van der Waals surface area contributed by atoms with E-state index in [0.717, 1.165) is 38.8 Å². The Kier molecular flexibility index (Phi) is 11.8. The first-order chi connectivity index (χ1) is 31.0. The summed E-state index contributed by atoms with van der Waals surface area (Å²) in [7, 11) is -1.23. The van der Waals surface area contributed by atoms with Crippen LogP contribution in [0.2, 0.25) is 19.6 Å². The third kappa shape index (κ3) is 7.94. The van der Waals surface area contributed by atoms with Gasteiger partial charge in [0.05, 0.1) is 35.9 Å². The molecule has 65 heavy (non-hydrogen) atoms. The summed E-state index contributed by atoms with van der Waals surface area (Å²) in [6, 6.07) is 55.5. The van der Waals surface area contributed by atoms with E-state index < -0.39 is 13.9 Å². The van der Waals surface area contributed by atoms with Crippen molar-refractivity contribution in [2.75, 3.05) is 0 Å². The Bertz CT molecular complexity index is 3460. The van der Waals surface area contributed by atoms with E-state index in [0.29, 0.717) is 38.9 Å². The number of fused-ring (bicyclic) bond motifs is 7. The fourth-order valence-corrected chi connectivity index (χ4v) is 9.81. The fourth-order valence-electron chi connectivity index (χ4n) is 8.78. The Morgan fingerprint density at radius 2 is 1.34 bits per heavy atom. The molecule has 0 spiro atoms. The number of aromatic nitrogens is 3. The third-order valence-electron chi connectivity index (χ3n) is 12.1. The molecule has 0 saturated heterocycles. The van der Waals surface area contributed by atoms with Gasteiger partial charge < -0.3 is 18.4 Å². The average molecular weight is 1050 g/mol. The van der Waals surface area contributed by atoms with Gasteiger partial charge in [-0.1, -0.05) is 131 Å². The molecule has 7 aromatic carbocycles. The summed E-state index contributed by atoms with van der Waals surface area (Å²) in [4.78, 5) is 9.75. The molecule has 4 aromatic heterocycles. The van der Waals surface area contributed by atoms with Crippen molar-refractivity contribution in [2.45, 2.75) is 59.2 Å². The predicted molar refractivity (Wildman–Crippen MR) is 265 cm³/mol. The number of hydrogen-bond acceptors (Lipinski definition) is 4. The minimum absolute atomic E-state index is 0. The molecule has 0 saturated carbocycles. The van der Waals surface area contributed by atoms with Crippen molar-refractivity contribution in [1.82, 2.24) is 14.5 Å². The van der Waals surface area contributed by atoms with Crippen LogP contribution in [-0.2, 0) is 20.1 Å². The van der Waals surface area contributed by atoms with Gasteiger partial charge in [-0.15, -0.1) is 54.1 Å². The first-order valence-corrected chi connectivity index (χ1v) is 25.5. The van der Waals surface area contributed by atoms with Gasteiger partial charge in [-0.3, -0.25) is 4.98 Å². The first kappa shape index (κ1) is 43.8. The Balaban J connectivity index is 0.000000266. The normalized spacial score (nSPS) is 11.8. The van der Waals surface area contributed by atoms with E-state index in [1.807, 2.05) is 91.1 Å². The van der Waals surface area contributed by atoms with Gasteiger partial charge in [0.1, 0.15) is 11.2 Å². The second kappa shape index (κ2) is 17.5. The first-order valence-electron chi connectivity index (χ1n) is 22.0. The van der Waals surface area contributed by atoms with E-state index in [1.165, 1.54) is 27.4 Å². The summed E-state index contributed by atoms with van der Waals surface area (Å²) in [6.07, 6.45) is 2.02. The smallest absolute Gasteiger partial charge is 0.176 e. The molecule has 325 valence electrons. The minimum atomic E-state index is -1.23. The van der Waals surface area contributed by atoms with Crippen LogP contribution in [0.4, 0.5) is 4.39 Å². The monoisotopic (exact) mass is 1050 g/mol. The van der Waals surface area contributed by atoms with Crippen LogP contribution in [0.25, 0.3) is 94.4 Å². The van der Waals surface area contributed by atoms with Crippen LogP contribution in [0.5, 0.6) is 0 Å². The molecule has 8 heteroatoms. The molecule has 4 heterocycles. The van der Waals surface area contributed by atoms with Crippen molar-refractivity contribution in [2.24, 2.45) is 0 Å². The molecular formula is C57H48FIrN3O2Si-2. The Morgan fingerprint density at radius 1 is 0.631 bits per heavy atom. The van der Waals surface area contributed by atoms with E-state index in [2.05, 4.69) is 130 Å². The van der Waals surface area contributed by atoms with Crippen LogP contribution in [-0.4, -0.2) is 22.6 Å². The van der Waals surface area contributed by atoms with Gasteiger partial charge in [0.25, 0.3) is 0 Å². The molecule has 11 rings (SSSR count). The molecule has 0 N–H and O–H groups in total. The number of para-hydroxylation sites is 3. The van der Waals surface area contributed by atoms with Crippen molar-refractivity contribution in [3.63, 3.8) is 0 Å². The van der Waals surface area contributed by atoms with Gasteiger partial charge in [-0.05, 0) is 81.4 Å². The van der Waals surface area contributed by atoms with Gasteiger partial charge >= 0.3 is 0 Å². The van der Waals surface area contributed by atoms with Crippen molar-refractivity contribution in [3.05, 3.63) is 181 Å². The van der Waals surface area contributed by atoms with E-state index in [-0.39, 0.29) is 37.5 Å². The molecular weight excluding hydrogens is 998 g/mol. The summed E-state index contributed by atoms with van der Waals surface area (Å²) in [6.45, 7) is 16.0. The second-order valence-corrected chi connectivity index (χ2v) is 23.2. The molecule has 0 aliphatic heterocycles. The predicted octanol–water partition coefficient (Wildman–Crippen LogP) is 15.4. The quantitative estimate of drug-likeness (QED) is 0.118. The summed E-state index contributed by atoms with van der Waals surface area (Å²) >= 11 is 0. The number of nitrogens with zero attached hydrogens (tertiary/aromatic N) is 3. The summed E-state index contributed by atoms with van der Waals surface area (Å²) in [5.74, 6) is 0.719. The molecule has 0 bridgehead atoms. The average Bonchev–Trinajstić information content (AvgIpc) is 4.01. The zero-order valence-corrected chi connectivity index (χ0v) is 40.9. The maximum atomic E-state index is 16.4. The number of imidazole rings is 1. The molecule has 11 aromatic rings. The Morgan fingerprint density at radius 3 is 2.03 bits per heavy atom. The van der Waals surface area contributed by atoms with E-state index in [9.17, 15) is 0 Å². The van der Waals surface area contributed by atoms with Gasteiger partial charge in [0.2, 0.25) is 0 Å². The molecule has 0 fully saturated rings. The molecule has 0 amide bonds. The topological polar surface area (TPSA) is 57.0 Å². The molecule has 5 nitrogen and oxygen atoms in total. The summed E-state index contributed by atoms with van der Waals surface area (Å²) in [5.41, 5.74) is 12.4. The second-order valence-electron chi connectivity index (χ2n) is 18.1. The van der Waals surface area contributed by atoms with Crippen molar-refractivity contribution >= 4 is 68.2 Å². The van der Waals surface area contributed by atoms with Crippen molar-refractivity contribution < 1.29 is 33.3 Å². The summed E-state index contributed by atoms with van der Waals surface area (Å²) < 4.78 is 31.3. The summed E-state index contributed by atoms with van der Waals surface area (Å²) in [5, 5.41) is 3.99. The maximum Gasteiger partial charge on any atom is 0.176 e.